The van der Waals surface area contributed by atoms with Gasteiger partial charge in [0.15, 0.2) is 0 Å². The van der Waals surface area contributed by atoms with Crippen LogP contribution in [-0.4, -0.2) is 36.2 Å². The summed E-state index contributed by atoms with van der Waals surface area (Å²) >= 11 is 0. The van der Waals surface area contributed by atoms with Crippen LogP contribution in [-0.2, 0) is 4.79 Å². The van der Waals surface area contributed by atoms with Gasteiger partial charge in [0.2, 0.25) is 0 Å². The Hall–Kier alpha value is -1.55. The Morgan fingerprint density at radius 3 is 2.65 bits per heavy atom. The average molecular weight is 237 g/mol. The van der Waals surface area contributed by atoms with Crippen molar-refractivity contribution in [2.45, 2.75) is 19.9 Å². The van der Waals surface area contributed by atoms with Crippen molar-refractivity contribution in [3.8, 4) is 5.75 Å². The highest BCUT2D eigenvalue weighted by molar-refractivity contribution is 5.69. The van der Waals surface area contributed by atoms with Crippen LogP contribution in [0.25, 0.3) is 0 Å². The normalized spacial score (nSPS) is 12.5. The fourth-order valence-electron chi connectivity index (χ4n) is 1.90. The number of carboxylic acid groups (broad SMARTS) is 1. The molecule has 0 heterocycles. The Kier molecular flexibility index (Phi) is 4.97. The van der Waals surface area contributed by atoms with Crippen molar-refractivity contribution in [3.05, 3.63) is 29.8 Å². The van der Waals surface area contributed by atoms with E-state index in [1.165, 1.54) is 0 Å². The van der Waals surface area contributed by atoms with Crippen LogP contribution >= 0.6 is 0 Å². The molecule has 1 rings (SSSR count). The maximum atomic E-state index is 10.8. The maximum absolute atomic E-state index is 10.8. The molecule has 0 saturated heterocycles. The summed E-state index contributed by atoms with van der Waals surface area (Å²) in [5, 5.41) is 8.86. The van der Waals surface area contributed by atoms with Gasteiger partial charge in [-0.25, -0.2) is 0 Å². The van der Waals surface area contributed by atoms with E-state index in [-0.39, 0.29) is 12.6 Å². The first-order valence-electron chi connectivity index (χ1n) is 5.68. The summed E-state index contributed by atoms with van der Waals surface area (Å²) in [6.07, 6.45) is 0. The van der Waals surface area contributed by atoms with Gasteiger partial charge in [0.1, 0.15) is 5.75 Å². The molecule has 1 aromatic rings. The van der Waals surface area contributed by atoms with E-state index in [0.717, 1.165) is 11.3 Å². The number of benzene rings is 1. The molecule has 0 spiro atoms. The van der Waals surface area contributed by atoms with Gasteiger partial charge >= 0.3 is 5.97 Å². The van der Waals surface area contributed by atoms with Crippen molar-refractivity contribution in [2.75, 3.05) is 20.2 Å². The Morgan fingerprint density at radius 2 is 2.12 bits per heavy atom. The van der Waals surface area contributed by atoms with Crippen molar-refractivity contribution in [2.24, 2.45) is 0 Å². The lowest BCUT2D eigenvalue weighted by Gasteiger charge is -2.27. The van der Waals surface area contributed by atoms with E-state index in [1.807, 2.05) is 43.0 Å². The van der Waals surface area contributed by atoms with Gasteiger partial charge in [0.05, 0.1) is 13.7 Å². The van der Waals surface area contributed by atoms with E-state index in [1.54, 1.807) is 7.11 Å². The largest absolute Gasteiger partial charge is 0.496 e. The summed E-state index contributed by atoms with van der Waals surface area (Å²) in [6.45, 7) is 4.67. The van der Waals surface area contributed by atoms with Crippen molar-refractivity contribution in [1.29, 1.82) is 0 Å². The molecule has 0 aliphatic carbocycles. The quantitative estimate of drug-likeness (QED) is 0.823. The third-order valence-corrected chi connectivity index (χ3v) is 2.88. The summed E-state index contributed by atoms with van der Waals surface area (Å²) in [4.78, 5) is 12.7. The average Bonchev–Trinajstić information content (AvgIpc) is 2.34. The van der Waals surface area contributed by atoms with Crippen LogP contribution in [0.1, 0.15) is 25.5 Å². The second-order valence-corrected chi connectivity index (χ2v) is 3.87. The summed E-state index contributed by atoms with van der Waals surface area (Å²) in [5.74, 6) is -0.0163. The number of hydrogen-bond acceptors (Lipinski definition) is 3. The first kappa shape index (κ1) is 13.5. The molecule has 0 aliphatic heterocycles. The number of aliphatic carboxylic acids is 1. The van der Waals surface area contributed by atoms with Gasteiger partial charge in [-0.15, -0.1) is 0 Å². The number of rotatable bonds is 6. The number of nitrogens with zero attached hydrogens (tertiary/aromatic N) is 1. The standard InChI is InChI=1S/C13H19NO3/c1-4-14(9-13(15)16)10(2)11-7-5-6-8-12(11)17-3/h5-8,10H,4,9H2,1-3H3,(H,15,16). The number of carbonyl (C=O) groups is 1. The molecule has 0 saturated carbocycles. The maximum Gasteiger partial charge on any atom is 0.317 e. The molecule has 0 aliphatic rings. The van der Waals surface area contributed by atoms with E-state index in [4.69, 9.17) is 9.84 Å². The van der Waals surface area contributed by atoms with Gasteiger partial charge < -0.3 is 9.84 Å². The van der Waals surface area contributed by atoms with Crippen LogP contribution in [0.4, 0.5) is 0 Å². The third kappa shape index (κ3) is 3.46. The molecule has 94 valence electrons. The summed E-state index contributed by atoms with van der Waals surface area (Å²) in [6, 6.07) is 7.71. The second-order valence-electron chi connectivity index (χ2n) is 3.87. The number of likely N-dealkylation sites (N-methyl/N-ethyl adjacent to an activating group) is 1. The van der Waals surface area contributed by atoms with Gasteiger partial charge in [0, 0.05) is 11.6 Å². The molecule has 17 heavy (non-hydrogen) atoms. The SMILES string of the molecule is CCN(CC(=O)O)C(C)c1ccccc1OC. The lowest BCUT2D eigenvalue weighted by Crippen LogP contribution is -2.32. The molecular weight excluding hydrogens is 218 g/mol. The van der Waals surface area contributed by atoms with Crippen LogP contribution < -0.4 is 4.74 Å². The fraction of sp³-hybridized carbons (Fsp3) is 0.462. The number of carboxylic acids is 1. The van der Waals surface area contributed by atoms with Gasteiger partial charge in [0.25, 0.3) is 0 Å². The van der Waals surface area contributed by atoms with Crippen LogP contribution in [0.5, 0.6) is 5.75 Å². The molecule has 1 unspecified atom stereocenters. The Morgan fingerprint density at radius 1 is 1.47 bits per heavy atom. The van der Waals surface area contributed by atoms with Crippen LogP contribution in [0.15, 0.2) is 24.3 Å². The first-order valence-corrected chi connectivity index (χ1v) is 5.68. The molecular formula is C13H19NO3. The van der Waals surface area contributed by atoms with Crippen molar-refractivity contribution < 1.29 is 14.6 Å². The molecule has 0 bridgehead atoms. The van der Waals surface area contributed by atoms with E-state index in [2.05, 4.69) is 0 Å². The minimum absolute atomic E-state index is 0.0206. The number of hydrogen-bond donors (Lipinski definition) is 1. The summed E-state index contributed by atoms with van der Waals surface area (Å²) in [7, 11) is 1.62. The minimum atomic E-state index is -0.811. The van der Waals surface area contributed by atoms with Gasteiger partial charge in [-0.3, -0.25) is 9.69 Å². The zero-order chi connectivity index (χ0) is 12.8. The molecule has 1 aromatic carbocycles. The second kappa shape index (κ2) is 6.25. The third-order valence-electron chi connectivity index (χ3n) is 2.88. The fourth-order valence-corrected chi connectivity index (χ4v) is 1.90. The zero-order valence-corrected chi connectivity index (χ0v) is 10.5. The lowest BCUT2D eigenvalue weighted by molar-refractivity contribution is -0.138. The van der Waals surface area contributed by atoms with Crippen molar-refractivity contribution in [1.82, 2.24) is 4.90 Å². The van der Waals surface area contributed by atoms with Crippen molar-refractivity contribution in [3.63, 3.8) is 0 Å². The molecule has 1 atom stereocenters. The molecule has 0 amide bonds. The number of ether oxygens (including phenoxy) is 1. The van der Waals surface area contributed by atoms with E-state index >= 15 is 0 Å². The molecule has 4 heteroatoms. The van der Waals surface area contributed by atoms with Gasteiger partial charge in [-0.05, 0) is 19.5 Å². The number of para-hydroxylation sites is 1. The monoisotopic (exact) mass is 237 g/mol. The summed E-state index contributed by atoms with van der Waals surface area (Å²) < 4.78 is 5.29. The molecule has 0 aromatic heterocycles. The molecule has 4 nitrogen and oxygen atoms in total. The predicted molar refractivity (Wildman–Crippen MR) is 66.3 cm³/mol. The van der Waals surface area contributed by atoms with E-state index < -0.39 is 5.97 Å². The van der Waals surface area contributed by atoms with Crippen LogP contribution in [0.3, 0.4) is 0 Å². The number of methoxy groups -OCH3 is 1. The molecule has 1 N–H and O–H groups in total. The minimum Gasteiger partial charge on any atom is -0.496 e. The van der Waals surface area contributed by atoms with Crippen molar-refractivity contribution >= 4 is 5.97 Å². The van der Waals surface area contributed by atoms with Gasteiger partial charge in [-0.2, -0.15) is 0 Å². The van der Waals surface area contributed by atoms with Crippen LogP contribution in [0.2, 0.25) is 0 Å². The highest BCUT2D eigenvalue weighted by atomic mass is 16.5. The van der Waals surface area contributed by atoms with Gasteiger partial charge in [-0.1, -0.05) is 25.1 Å². The van der Waals surface area contributed by atoms with E-state index in [9.17, 15) is 4.79 Å². The molecule has 0 fully saturated rings. The van der Waals surface area contributed by atoms with Crippen LogP contribution in [0, 0.1) is 0 Å². The lowest BCUT2D eigenvalue weighted by atomic mass is 10.1. The Balaban J connectivity index is 2.92. The first-order chi connectivity index (χ1) is 8.10. The highest BCUT2D eigenvalue weighted by Gasteiger charge is 2.19. The summed E-state index contributed by atoms with van der Waals surface area (Å²) in [5.41, 5.74) is 1.01. The molecule has 0 radical (unpaired) electrons. The highest BCUT2D eigenvalue weighted by Crippen LogP contribution is 2.28. The smallest absolute Gasteiger partial charge is 0.317 e. The Bertz CT molecular complexity index is 379. The zero-order valence-electron chi connectivity index (χ0n) is 10.5. The van der Waals surface area contributed by atoms with E-state index in [0.29, 0.717) is 6.54 Å². The Labute approximate surface area is 102 Å². The topological polar surface area (TPSA) is 49.8 Å². The predicted octanol–water partition coefficient (Wildman–Crippen LogP) is 2.16.